The third-order valence-electron chi connectivity index (χ3n) is 6.25. The number of nitrogens with zero attached hydrogens (tertiary/aromatic N) is 4. The zero-order chi connectivity index (χ0) is 21.7. The molecule has 0 radical (unpaired) electrons. The van der Waals surface area contributed by atoms with Crippen molar-refractivity contribution in [2.45, 2.75) is 39.2 Å². The van der Waals surface area contributed by atoms with Gasteiger partial charge in [0, 0.05) is 49.4 Å². The summed E-state index contributed by atoms with van der Waals surface area (Å²) in [5.41, 5.74) is 9.30. The zero-order valence-electron chi connectivity index (χ0n) is 18.9. The summed E-state index contributed by atoms with van der Waals surface area (Å²) < 4.78 is 3.77. The maximum Gasteiger partial charge on any atom is 0.103 e. The predicted molar refractivity (Wildman–Crippen MR) is 129 cm³/mol. The summed E-state index contributed by atoms with van der Waals surface area (Å²) in [6, 6.07) is 11.7. The Bertz CT molecular complexity index is 1260. The second kappa shape index (κ2) is 7.45. The molecule has 31 heavy (non-hydrogen) atoms. The second-order valence-corrected chi connectivity index (χ2v) is 9.01. The first-order valence-corrected chi connectivity index (χ1v) is 11.0. The zero-order valence-corrected chi connectivity index (χ0v) is 18.9. The minimum absolute atomic E-state index is 0.422. The van der Waals surface area contributed by atoms with Crippen LogP contribution in [0.3, 0.4) is 0 Å². The smallest absolute Gasteiger partial charge is 0.103 e. The number of hydrogen-bond acceptors (Lipinski definition) is 4. The summed E-state index contributed by atoms with van der Waals surface area (Å²) >= 11 is 0. The van der Waals surface area contributed by atoms with E-state index in [1.807, 2.05) is 35.9 Å². The monoisotopic (exact) mass is 414 g/mol. The van der Waals surface area contributed by atoms with Crippen LogP contribution < -0.4 is 10.6 Å². The van der Waals surface area contributed by atoms with E-state index in [4.69, 9.17) is 5.10 Å². The van der Waals surface area contributed by atoms with Crippen molar-refractivity contribution in [2.24, 2.45) is 14.1 Å². The van der Waals surface area contributed by atoms with E-state index in [1.54, 1.807) is 0 Å². The molecule has 1 aliphatic heterocycles. The molecule has 6 heteroatoms. The lowest BCUT2D eigenvalue weighted by Gasteiger charge is -2.20. The molecule has 0 aliphatic carbocycles. The van der Waals surface area contributed by atoms with E-state index in [0.717, 1.165) is 35.1 Å². The molecule has 6 nitrogen and oxygen atoms in total. The number of aromatic nitrogens is 4. The second-order valence-electron chi connectivity index (χ2n) is 9.01. The Labute approximate surface area is 183 Å². The van der Waals surface area contributed by atoms with E-state index in [2.05, 4.69) is 66.8 Å². The Balaban J connectivity index is 1.73. The molecular formula is C25H30N6. The first kappa shape index (κ1) is 19.7. The SMILES string of the molecule is CC1CCNc2cc(C(C)C)cc(-c3ccc4c(c3)c(-c3cnn(C)c3)nn4C)c2N1. The number of aryl methyl sites for hydroxylation is 2. The Kier molecular flexibility index (Phi) is 4.73. The van der Waals surface area contributed by atoms with Crippen LogP contribution in [0.25, 0.3) is 33.3 Å². The van der Waals surface area contributed by atoms with Crippen LogP contribution in [0.4, 0.5) is 11.4 Å². The largest absolute Gasteiger partial charge is 0.383 e. The molecule has 1 unspecified atom stereocenters. The van der Waals surface area contributed by atoms with Crippen molar-refractivity contribution >= 4 is 22.3 Å². The fourth-order valence-corrected chi connectivity index (χ4v) is 4.45. The number of rotatable bonds is 3. The van der Waals surface area contributed by atoms with Crippen molar-refractivity contribution in [3.05, 3.63) is 48.3 Å². The molecule has 1 aliphatic rings. The lowest BCUT2D eigenvalue weighted by Crippen LogP contribution is -2.15. The topological polar surface area (TPSA) is 59.7 Å². The highest BCUT2D eigenvalue weighted by Gasteiger charge is 2.20. The number of anilines is 2. The van der Waals surface area contributed by atoms with Crippen LogP contribution in [-0.2, 0) is 14.1 Å². The van der Waals surface area contributed by atoms with Gasteiger partial charge < -0.3 is 10.6 Å². The van der Waals surface area contributed by atoms with Crippen molar-refractivity contribution < 1.29 is 0 Å². The minimum Gasteiger partial charge on any atom is -0.383 e. The summed E-state index contributed by atoms with van der Waals surface area (Å²) in [6.07, 6.45) is 5.00. The molecule has 0 amide bonds. The number of fused-ring (bicyclic) bond motifs is 2. The first-order chi connectivity index (χ1) is 14.9. The molecule has 1 atom stereocenters. The molecule has 2 aromatic heterocycles. The first-order valence-electron chi connectivity index (χ1n) is 11.0. The summed E-state index contributed by atoms with van der Waals surface area (Å²) in [6.45, 7) is 7.74. The third kappa shape index (κ3) is 3.46. The molecule has 0 saturated heterocycles. The van der Waals surface area contributed by atoms with Gasteiger partial charge in [-0.3, -0.25) is 9.36 Å². The van der Waals surface area contributed by atoms with Crippen LogP contribution in [-0.4, -0.2) is 32.1 Å². The van der Waals surface area contributed by atoms with E-state index in [0.29, 0.717) is 12.0 Å². The Morgan fingerprint density at radius 2 is 1.94 bits per heavy atom. The molecule has 0 spiro atoms. The molecule has 0 bridgehead atoms. The van der Waals surface area contributed by atoms with Gasteiger partial charge in [0.25, 0.3) is 0 Å². The van der Waals surface area contributed by atoms with Gasteiger partial charge in [-0.1, -0.05) is 19.9 Å². The lowest BCUT2D eigenvalue weighted by molar-refractivity contribution is 0.746. The van der Waals surface area contributed by atoms with Gasteiger partial charge in [-0.15, -0.1) is 0 Å². The van der Waals surface area contributed by atoms with Crippen molar-refractivity contribution in [1.29, 1.82) is 0 Å². The molecule has 4 aromatic rings. The van der Waals surface area contributed by atoms with Crippen LogP contribution in [0.5, 0.6) is 0 Å². The van der Waals surface area contributed by atoms with E-state index in [9.17, 15) is 0 Å². The highest BCUT2D eigenvalue weighted by molar-refractivity contribution is 5.98. The third-order valence-corrected chi connectivity index (χ3v) is 6.25. The van der Waals surface area contributed by atoms with Gasteiger partial charge in [-0.25, -0.2) is 0 Å². The van der Waals surface area contributed by atoms with Gasteiger partial charge in [0.15, 0.2) is 0 Å². The molecule has 5 rings (SSSR count). The van der Waals surface area contributed by atoms with Crippen molar-refractivity contribution in [1.82, 2.24) is 19.6 Å². The molecule has 0 saturated carbocycles. The van der Waals surface area contributed by atoms with Crippen LogP contribution in [0.15, 0.2) is 42.7 Å². The number of nitrogens with one attached hydrogen (secondary N) is 2. The average Bonchev–Trinajstić information content (AvgIpc) is 3.25. The molecule has 2 aromatic carbocycles. The van der Waals surface area contributed by atoms with E-state index >= 15 is 0 Å². The van der Waals surface area contributed by atoms with Crippen LogP contribution in [0.2, 0.25) is 0 Å². The molecule has 2 N–H and O–H groups in total. The summed E-state index contributed by atoms with van der Waals surface area (Å²) in [7, 11) is 3.94. The average molecular weight is 415 g/mol. The van der Waals surface area contributed by atoms with Gasteiger partial charge in [-0.2, -0.15) is 10.2 Å². The minimum atomic E-state index is 0.422. The fourth-order valence-electron chi connectivity index (χ4n) is 4.45. The van der Waals surface area contributed by atoms with E-state index in [-0.39, 0.29) is 0 Å². The van der Waals surface area contributed by atoms with Gasteiger partial charge in [-0.05, 0) is 54.7 Å². The summed E-state index contributed by atoms with van der Waals surface area (Å²) in [5.74, 6) is 0.458. The Morgan fingerprint density at radius 1 is 1.10 bits per heavy atom. The molecule has 3 heterocycles. The van der Waals surface area contributed by atoms with Gasteiger partial charge in [0.05, 0.1) is 23.1 Å². The van der Waals surface area contributed by atoms with E-state index in [1.165, 1.54) is 28.1 Å². The standard InChI is InChI=1S/C25H30N6/c1-15(2)18-11-20(25-22(12-18)26-9-8-16(3)28-25)17-6-7-23-21(10-17)24(29-31(23)5)19-13-27-30(4)14-19/h6-7,10-16,26,28H,8-9H2,1-5H3. The quantitative estimate of drug-likeness (QED) is 0.472. The Hall–Kier alpha value is -3.28. The van der Waals surface area contributed by atoms with Crippen molar-refractivity contribution in [2.75, 3.05) is 17.2 Å². The van der Waals surface area contributed by atoms with Crippen molar-refractivity contribution in [3.63, 3.8) is 0 Å². The fraction of sp³-hybridized carbons (Fsp3) is 0.360. The highest BCUT2D eigenvalue weighted by atomic mass is 15.3. The van der Waals surface area contributed by atoms with Crippen molar-refractivity contribution in [3.8, 4) is 22.4 Å². The molecule has 0 fully saturated rings. The lowest BCUT2D eigenvalue weighted by atomic mass is 9.93. The summed E-state index contributed by atoms with van der Waals surface area (Å²) in [4.78, 5) is 0. The van der Waals surface area contributed by atoms with Gasteiger partial charge in [0.2, 0.25) is 0 Å². The Morgan fingerprint density at radius 3 is 2.68 bits per heavy atom. The normalized spacial score (nSPS) is 16.1. The highest BCUT2D eigenvalue weighted by Crippen LogP contribution is 2.41. The number of hydrogen-bond donors (Lipinski definition) is 2. The van der Waals surface area contributed by atoms with Crippen LogP contribution >= 0.6 is 0 Å². The predicted octanol–water partition coefficient (Wildman–Crippen LogP) is 5.38. The van der Waals surface area contributed by atoms with Crippen LogP contribution in [0, 0.1) is 0 Å². The molecule has 160 valence electrons. The molecular weight excluding hydrogens is 384 g/mol. The maximum atomic E-state index is 4.80. The van der Waals surface area contributed by atoms with Crippen LogP contribution in [0.1, 0.15) is 38.7 Å². The maximum absolute atomic E-state index is 4.80. The summed E-state index contributed by atoms with van der Waals surface area (Å²) in [5, 5.41) is 17.7. The van der Waals surface area contributed by atoms with Gasteiger partial charge in [0.1, 0.15) is 5.69 Å². The van der Waals surface area contributed by atoms with E-state index < -0.39 is 0 Å². The van der Waals surface area contributed by atoms with Gasteiger partial charge >= 0.3 is 0 Å². The number of benzene rings is 2.